The molecule has 198 valence electrons. The second kappa shape index (κ2) is 10.3. The number of hydrogen-bond acceptors (Lipinski definition) is 0. The van der Waals surface area contributed by atoms with Crippen molar-refractivity contribution in [1.82, 2.24) is 0 Å². The molecule has 0 heteroatoms. The topological polar surface area (TPSA) is 0 Å². The van der Waals surface area contributed by atoms with Gasteiger partial charge in [-0.2, -0.15) is 0 Å². The Morgan fingerprint density at radius 3 is 1.12 bits per heavy atom. The van der Waals surface area contributed by atoms with Crippen LogP contribution in [0.25, 0.3) is 65.3 Å². The number of fused-ring (bicyclic) bond motifs is 6. The van der Waals surface area contributed by atoms with Gasteiger partial charge in [-0.1, -0.05) is 146 Å². The van der Waals surface area contributed by atoms with Crippen LogP contribution in [0.3, 0.4) is 0 Å². The molecule has 0 aliphatic carbocycles. The minimum absolute atomic E-state index is 1.00. The summed E-state index contributed by atoms with van der Waals surface area (Å²) in [6.07, 6.45) is 2.00. The van der Waals surface area contributed by atoms with E-state index in [0.717, 1.165) is 12.8 Å². The summed E-state index contributed by atoms with van der Waals surface area (Å²) in [5, 5.41) is 10.4. The van der Waals surface area contributed by atoms with Gasteiger partial charge in [-0.15, -0.1) is 0 Å². The Morgan fingerprint density at radius 2 is 0.667 bits per heavy atom. The van der Waals surface area contributed by atoms with Crippen LogP contribution in [-0.4, -0.2) is 0 Å². The van der Waals surface area contributed by atoms with Gasteiger partial charge in [0.25, 0.3) is 0 Å². The maximum absolute atomic E-state index is 2.39. The van der Waals surface area contributed by atoms with Crippen LogP contribution in [-0.2, 0) is 12.8 Å². The van der Waals surface area contributed by atoms with E-state index in [0.29, 0.717) is 0 Å². The monoisotopic (exact) mass is 534 g/mol. The number of benzene rings is 8. The van der Waals surface area contributed by atoms with Gasteiger partial charge < -0.3 is 0 Å². The van der Waals surface area contributed by atoms with Crippen LogP contribution >= 0.6 is 0 Å². The van der Waals surface area contributed by atoms with Gasteiger partial charge in [0.15, 0.2) is 0 Å². The fourth-order valence-electron chi connectivity index (χ4n) is 6.66. The lowest BCUT2D eigenvalue weighted by Gasteiger charge is -2.13. The van der Waals surface area contributed by atoms with Crippen LogP contribution in [0.2, 0.25) is 0 Å². The molecular formula is C42H30. The van der Waals surface area contributed by atoms with Crippen molar-refractivity contribution in [3.8, 4) is 22.3 Å². The van der Waals surface area contributed by atoms with Crippen LogP contribution in [0, 0.1) is 0 Å². The van der Waals surface area contributed by atoms with Crippen molar-refractivity contribution in [2.24, 2.45) is 0 Å². The molecule has 8 rings (SSSR count). The van der Waals surface area contributed by atoms with Crippen LogP contribution in [0.1, 0.15) is 11.1 Å². The van der Waals surface area contributed by atoms with Crippen molar-refractivity contribution in [3.63, 3.8) is 0 Å². The molecule has 0 aliphatic rings. The lowest BCUT2D eigenvalue weighted by atomic mass is 9.91. The molecular weight excluding hydrogens is 504 g/mol. The molecule has 0 radical (unpaired) electrons. The zero-order chi connectivity index (χ0) is 27.9. The molecule has 42 heavy (non-hydrogen) atoms. The van der Waals surface area contributed by atoms with Gasteiger partial charge in [-0.25, -0.2) is 0 Å². The van der Waals surface area contributed by atoms with E-state index in [1.807, 2.05) is 0 Å². The molecule has 0 nitrogen and oxygen atoms in total. The summed E-state index contributed by atoms with van der Waals surface area (Å²) in [4.78, 5) is 0. The Bertz CT molecular complexity index is 2090. The summed E-state index contributed by atoms with van der Waals surface area (Å²) in [6.45, 7) is 0. The zero-order valence-electron chi connectivity index (χ0n) is 23.4. The predicted molar refractivity (Wildman–Crippen MR) is 181 cm³/mol. The minimum atomic E-state index is 1.00. The first-order valence-corrected chi connectivity index (χ1v) is 14.8. The highest BCUT2D eigenvalue weighted by atomic mass is 14.1. The molecule has 0 amide bonds. The predicted octanol–water partition coefficient (Wildman–Crippen LogP) is 11.4. The maximum atomic E-state index is 2.39. The van der Waals surface area contributed by atoms with Crippen LogP contribution in [0.15, 0.2) is 158 Å². The Balaban J connectivity index is 1.13. The molecule has 8 aromatic rings. The van der Waals surface area contributed by atoms with E-state index >= 15 is 0 Å². The smallest absolute Gasteiger partial charge is 0.00989 e. The van der Waals surface area contributed by atoms with E-state index < -0.39 is 0 Å². The molecule has 0 aromatic heterocycles. The van der Waals surface area contributed by atoms with Crippen molar-refractivity contribution in [2.75, 3.05) is 0 Å². The van der Waals surface area contributed by atoms with E-state index in [9.17, 15) is 0 Å². The first-order chi connectivity index (χ1) is 20.8. The average Bonchev–Trinajstić information content (AvgIpc) is 3.07. The average molecular weight is 535 g/mol. The Kier molecular flexibility index (Phi) is 6.04. The maximum Gasteiger partial charge on any atom is -0.00989 e. The van der Waals surface area contributed by atoms with Crippen molar-refractivity contribution in [2.45, 2.75) is 12.8 Å². The summed E-state index contributed by atoms with van der Waals surface area (Å²) in [6, 6.07) is 58.0. The third-order valence-electron chi connectivity index (χ3n) is 8.71. The van der Waals surface area contributed by atoms with Gasteiger partial charge in [-0.3, -0.25) is 0 Å². The number of rotatable bonds is 5. The molecule has 0 heterocycles. The SMILES string of the molecule is c1cc(CCc2cccc(-c3cc4ccccc4c4ccccc34)c2)cc(-c2cc3ccccc3c3ccccc23)c1. The third-order valence-corrected chi connectivity index (χ3v) is 8.71. The van der Waals surface area contributed by atoms with Crippen molar-refractivity contribution < 1.29 is 0 Å². The molecule has 0 atom stereocenters. The first kappa shape index (κ1) is 24.6. The largest absolute Gasteiger partial charge is 0.0616 e. The highest BCUT2D eigenvalue weighted by molar-refractivity contribution is 6.14. The normalized spacial score (nSPS) is 11.5. The standard InChI is InChI=1S/C42H30/c1-3-17-35-33(13-1)27-41(39-21-7-5-19-37(35)39)31-15-9-11-29(25-31)23-24-30-12-10-16-32(26-30)42-28-34-14-2-4-18-36(34)38-20-6-8-22-40(38)42/h1-22,25-28H,23-24H2. The summed E-state index contributed by atoms with van der Waals surface area (Å²) >= 11 is 0. The summed E-state index contributed by atoms with van der Waals surface area (Å²) < 4.78 is 0. The lowest BCUT2D eigenvalue weighted by molar-refractivity contribution is 0.961. The van der Waals surface area contributed by atoms with E-state index in [2.05, 4.69) is 158 Å². The molecule has 0 aliphatic heterocycles. The number of aryl methyl sites for hydroxylation is 2. The molecule has 0 fully saturated rings. The van der Waals surface area contributed by atoms with Gasteiger partial charge >= 0.3 is 0 Å². The fraction of sp³-hybridized carbons (Fsp3) is 0.0476. The van der Waals surface area contributed by atoms with Crippen LogP contribution < -0.4 is 0 Å². The Hall–Kier alpha value is -5.20. The molecule has 0 saturated carbocycles. The molecule has 0 bridgehead atoms. The zero-order valence-corrected chi connectivity index (χ0v) is 23.4. The van der Waals surface area contributed by atoms with E-state index in [-0.39, 0.29) is 0 Å². The van der Waals surface area contributed by atoms with Crippen LogP contribution in [0.4, 0.5) is 0 Å². The molecule has 0 N–H and O–H groups in total. The van der Waals surface area contributed by atoms with Crippen molar-refractivity contribution in [3.05, 3.63) is 169 Å². The third kappa shape index (κ3) is 4.33. The van der Waals surface area contributed by atoms with Gasteiger partial charge in [0.1, 0.15) is 0 Å². The van der Waals surface area contributed by atoms with Gasteiger partial charge in [-0.05, 0) is 101 Å². The molecule has 0 unspecified atom stereocenters. The highest BCUT2D eigenvalue weighted by Crippen LogP contribution is 2.37. The molecule has 8 aromatic carbocycles. The quantitative estimate of drug-likeness (QED) is 0.193. The highest BCUT2D eigenvalue weighted by Gasteiger charge is 2.11. The first-order valence-electron chi connectivity index (χ1n) is 14.8. The van der Waals surface area contributed by atoms with E-state index in [1.165, 1.54) is 76.5 Å². The summed E-state index contributed by atoms with van der Waals surface area (Å²) in [7, 11) is 0. The second-order valence-corrected chi connectivity index (χ2v) is 11.3. The van der Waals surface area contributed by atoms with Gasteiger partial charge in [0.2, 0.25) is 0 Å². The Labute approximate surface area is 246 Å². The van der Waals surface area contributed by atoms with Gasteiger partial charge in [0, 0.05) is 0 Å². The summed E-state index contributed by atoms with van der Waals surface area (Å²) in [5.74, 6) is 0. The molecule has 0 spiro atoms. The van der Waals surface area contributed by atoms with Crippen LogP contribution in [0.5, 0.6) is 0 Å². The Morgan fingerprint density at radius 1 is 0.286 bits per heavy atom. The second-order valence-electron chi connectivity index (χ2n) is 11.3. The lowest BCUT2D eigenvalue weighted by Crippen LogP contribution is -1.93. The minimum Gasteiger partial charge on any atom is -0.0616 e. The van der Waals surface area contributed by atoms with Crippen molar-refractivity contribution >= 4 is 43.1 Å². The van der Waals surface area contributed by atoms with E-state index in [1.54, 1.807) is 0 Å². The van der Waals surface area contributed by atoms with Crippen molar-refractivity contribution in [1.29, 1.82) is 0 Å². The summed E-state index contributed by atoms with van der Waals surface area (Å²) in [5.41, 5.74) is 7.90. The van der Waals surface area contributed by atoms with E-state index in [4.69, 9.17) is 0 Å². The number of hydrogen-bond donors (Lipinski definition) is 0. The molecule has 0 saturated heterocycles. The van der Waals surface area contributed by atoms with Gasteiger partial charge in [0.05, 0.1) is 0 Å². The fourth-order valence-corrected chi connectivity index (χ4v) is 6.66.